The van der Waals surface area contributed by atoms with Crippen molar-refractivity contribution >= 4 is 11.4 Å². The highest BCUT2D eigenvalue weighted by Gasteiger charge is 2.11. The van der Waals surface area contributed by atoms with E-state index in [2.05, 4.69) is 0 Å². The fourth-order valence-corrected chi connectivity index (χ4v) is 4.24. The number of benzene rings is 1. The molecule has 0 heterocycles. The summed E-state index contributed by atoms with van der Waals surface area (Å²) in [7, 11) is 4.88. The standard InChI is InChI=1S/C37H70N2O15/c1-40-12-14-46-19-16-43-9-4-5-10-44-17-20-48-30-31-53-32-33-54-39(35-6-7-36(38)37(34-35)42-3)8-11-45-18-21-49-24-25-51-28-29-52-27-26-50-23-22-47-15-13-41-2/h6-7,34H,4-5,8-33,38H2,1-3H3. The normalized spacial score (nSPS) is 11.5. The molecule has 0 bridgehead atoms. The first-order chi connectivity index (χ1) is 26.7. The molecular formula is C37H70N2O15. The lowest BCUT2D eigenvalue weighted by molar-refractivity contribution is -0.0208. The van der Waals surface area contributed by atoms with Gasteiger partial charge in [0.1, 0.15) is 5.75 Å². The molecule has 17 heteroatoms. The molecule has 0 aliphatic rings. The summed E-state index contributed by atoms with van der Waals surface area (Å²) in [6, 6.07) is 5.48. The molecule has 0 amide bonds. The van der Waals surface area contributed by atoms with Crippen LogP contribution in [0.15, 0.2) is 18.2 Å². The minimum absolute atomic E-state index is 0.341. The second-order valence-electron chi connectivity index (χ2n) is 11.3. The van der Waals surface area contributed by atoms with Crippen molar-refractivity contribution in [2.24, 2.45) is 0 Å². The van der Waals surface area contributed by atoms with Crippen LogP contribution in [-0.4, -0.2) is 193 Å². The van der Waals surface area contributed by atoms with E-state index in [-0.39, 0.29) is 0 Å². The fraction of sp³-hybridized carbons (Fsp3) is 0.838. The predicted octanol–water partition coefficient (Wildman–Crippen LogP) is 2.27. The van der Waals surface area contributed by atoms with Crippen LogP contribution in [0.25, 0.3) is 0 Å². The van der Waals surface area contributed by atoms with Gasteiger partial charge in [0.2, 0.25) is 0 Å². The average molecular weight is 783 g/mol. The van der Waals surface area contributed by atoms with Crippen LogP contribution in [0.4, 0.5) is 11.4 Å². The molecule has 2 N–H and O–H groups in total. The van der Waals surface area contributed by atoms with Gasteiger partial charge in [-0.25, -0.2) is 0 Å². The van der Waals surface area contributed by atoms with Crippen LogP contribution in [0.2, 0.25) is 0 Å². The van der Waals surface area contributed by atoms with Crippen molar-refractivity contribution in [3.8, 4) is 5.75 Å². The van der Waals surface area contributed by atoms with Crippen molar-refractivity contribution in [3.63, 3.8) is 0 Å². The van der Waals surface area contributed by atoms with Gasteiger partial charge in [-0.2, -0.15) is 0 Å². The molecule has 0 fully saturated rings. The van der Waals surface area contributed by atoms with Crippen molar-refractivity contribution in [2.45, 2.75) is 12.8 Å². The molecule has 0 aliphatic carbocycles. The maximum Gasteiger partial charge on any atom is 0.143 e. The average Bonchev–Trinajstić information content (AvgIpc) is 3.18. The van der Waals surface area contributed by atoms with Crippen molar-refractivity contribution in [3.05, 3.63) is 18.2 Å². The third-order valence-corrected chi connectivity index (χ3v) is 7.09. The van der Waals surface area contributed by atoms with Crippen LogP contribution >= 0.6 is 0 Å². The topological polar surface area (TPSA) is 168 Å². The monoisotopic (exact) mass is 782 g/mol. The van der Waals surface area contributed by atoms with E-state index in [9.17, 15) is 0 Å². The Labute approximate surface area is 323 Å². The minimum atomic E-state index is 0.341. The number of anilines is 2. The number of methoxy groups -OCH3 is 3. The number of nitrogens with two attached hydrogens (primary N) is 1. The van der Waals surface area contributed by atoms with Gasteiger partial charge in [-0.3, -0.25) is 9.90 Å². The number of unbranched alkanes of at least 4 members (excludes halogenated alkanes) is 1. The SMILES string of the molecule is COCCOCCOCCCCOCCOCCOCCON(CCOCCOCCOCCOCCOCCOCCOC)c1ccc(N)c(OC)c1. The van der Waals surface area contributed by atoms with Gasteiger partial charge in [0.25, 0.3) is 0 Å². The van der Waals surface area contributed by atoms with Crippen LogP contribution in [0, 0.1) is 0 Å². The van der Waals surface area contributed by atoms with Crippen molar-refractivity contribution in [2.75, 3.05) is 204 Å². The Morgan fingerprint density at radius 2 is 0.741 bits per heavy atom. The summed E-state index contributed by atoms with van der Waals surface area (Å²) in [6.45, 7) is 13.5. The number of ether oxygens (including phenoxy) is 14. The fourth-order valence-electron chi connectivity index (χ4n) is 4.24. The van der Waals surface area contributed by atoms with Gasteiger partial charge in [0.05, 0.1) is 177 Å². The molecule has 1 rings (SSSR count). The van der Waals surface area contributed by atoms with Crippen LogP contribution in [0.5, 0.6) is 5.75 Å². The zero-order chi connectivity index (χ0) is 38.8. The summed E-state index contributed by atoms with van der Waals surface area (Å²) in [5.41, 5.74) is 7.34. The number of hydrogen-bond donors (Lipinski definition) is 1. The van der Waals surface area contributed by atoms with Crippen LogP contribution in [0.3, 0.4) is 0 Å². The Bertz CT molecular complexity index is 865. The van der Waals surface area contributed by atoms with Crippen LogP contribution in [0.1, 0.15) is 12.8 Å². The Balaban J connectivity index is 2.04. The predicted molar refractivity (Wildman–Crippen MR) is 203 cm³/mol. The lowest BCUT2D eigenvalue weighted by Gasteiger charge is -2.24. The number of nitrogen functional groups attached to an aromatic ring is 1. The first kappa shape index (κ1) is 50.1. The van der Waals surface area contributed by atoms with Crippen molar-refractivity contribution in [1.29, 1.82) is 0 Å². The third-order valence-electron chi connectivity index (χ3n) is 7.09. The molecule has 0 saturated carbocycles. The number of rotatable bonds is 44. The van der Waals surface area contributed by atoms with E-state index < -0.39 is 0 Å². The lowest BCUT2D eigenvalue weighted by atomic mass is 10.2. The Morgan fingerprint density at radius 1 is 0.407 bits per heavy atom. The van der Waals surface area contributed by atoms with E-state index in [1.165, 1.54) is 0 Å². The molecule has 318 valence electrons. The summed E-state index contributed by atoms with van der Waals surface area (Å²) in [5, 5.41) is 1.74. The zero-order valence-electron chi connectivity index (χ0n) is 33.2. The van der Waals surface area contributed by atoms with E-state index in [0.29, 0.717) is 183 Å². The highest BCUT2D eigenvalue weighted by atomic mass is 16.7. The zero-order valence-corrected chi connectivity index (χ0v) is 33.2. The van der Waals surface area contributed by atoms with Gasteiger partial charge in [-0.15, -0.1) is 0 Å². The van der Waals surface area contributed by atoms with Gasteiger partial charge < -0.3 is 72.0 Å². The van der Waals surface area contributed by atoms with Gasteiger partial charge in [0.15, 0.2) is 0 Å². The lowest BCUT2D eigenvalue weighted by Crippen LogP contribution is -2.30. The number of hydroxylamine groups is 1. The molecule has 0 aliphatic heterocycles. The smallest absolute Gasteiger partial charge is 0.143 e. The first-order valence-corrected chi connectivity index (χ1v) is 18.9. The van der Waals surface area contributed by atoms with Crippen molar-refractivity contribution in [1.82, 2.24) is 0 Å². The van der Waals surface area contributed by atoms with E-state index >= 15 is 0 Å². The molecule has 0 aromatic heterocycles. The van der Waals surface area contributed by atoms with Gasteiger partial charge in [-0.05, 0) is 25.0 Å². The van der Waals surface area contributed by atoms with E-state index in [1.54, 1.807) is 32.5 Å². The third kappa shape index (κ3) is 32.3. The molecule has 1 aromatic carbocycles. The quantitative estimate of drug-likeness (QED) is 0.0581. The molecule has 0 unspecified atom stereocenters. The van der Waals surface area contributed by atoms with E-state index in [4.69, 9.17) is 76.9 Å². The number of hydrogen-bond acceptors (Lipinski definition) is 17. The van der Waals surface area contributed by atoms with Gasteiger partial charge in [-0.1, -0.05) is 0 Å². The molecule has 0 spiro atoms. The van der Waals surface area contributed by atoms with Crippen molar-refractivity contribution < 1.29 is 71.2 Å². The molecular weight excluding hydrogens is 712 g/mol. The van der Waals surface area contributed by atoms with Crippen LogP contribution < -0.4 is 15.5 Å². The highest BCUT2D eigenvalue weighted by molar-refractivity contribution is 5.61. The molecule has 1 aromatic rings. The number of nitrogens with zero attached hydrogens (tertiary/aromatic N) is 1. The second kappa shape index (κ2) is 40.7. The molecule has 0 atom stereocenters. The highest BCUT2D eigenvalue weighted by Crippen LogP contribution is 2.27. The second-order valence-corrected chi connectivity index (χ2v) is 11.3. The molecule has 0 saturated heterocycles. The van der Waals surface area contributed by atoms with Gasteiger partial charge in [0, 0.05) is 33.5 Å². The summed E-state index contributed by atoms with van der Waals surface area (Å²) in [6.07, 6.45) is 1.88. The summed E-state index contributed by atoms with van der Waals surface area (Å²) < 4.78 is 76.1. The Kier molecular flexibility index (Phi) is 37.8. The first-order valence-electron chi connectivity index (χ1n) is 18.9. The summed E-state index contributed by atoms with van der Waals surface area (Å²) in [4.78, 5) is 6.02. The maximum absolute atomic E-state index is 6.02. The van der Waals surface area contributed by atoms with Crippen LogP contribution in [-0.2, 0) is 66.4 Å². The molecule has 0 radical (unpaired) electrons. The molecule has 54 heavy (non-hydrogen) atoms. The maximum atomic E-state index is 6.02. The van der Waals surface area contributed by atoms with Gasteiger partial charge >= 0.3 is 0 Å². The summed E-state index contributed by atoms with van der Waals surface area (Å²) >= 11 is 0. The Hall–Kier alpha value is -1.94. The Morgan fingerprint density at radius 3 is 1.11 bits per heavy atom. The largest absolute Gasteiger partial charge is 0.495 e. The van der Waals surface area contributed by atoms with E-state index in [1.807, 2.05) is 12.1 Å². The molecule has 17 nitrogen and oxygen atoms in total. The minimum Gasteiger partial charge on any atom is -0.495 e. The summed E-state index contributed by atoms with van der Waals surface area (Å²) in [5.74, 6) is 0.566. The van der Waals surface area contributed by atoms with E-state index in [0.717, 1.165) is 18.5 Å².